The molecular formula is C24H22ClN3O5. The number of nitrogens with one attached hydrogen (secondary N) is 1. The van der Waals surface area contributed by atoms with Crippen molar-refractivity contribution in [3.05, 3.63) is 86.5 Å². The van der Waals surface area contributed by atoms with Crippen molar-refractivity contribution in [3.8, 4) is 11.5 Å². The molecule has 1 amide bonds. The van der Waals surface area contributed by atoms with E-state index in [9.17, 15) is 9.59 Å². The molecule has 170 valence electrons. The van der Waals surface area contributed by atoms with E-state index in [1.807, 2.05) is 32.0 Å². The Morgan fingerprint density at radius 2 is 1.91 bits per heavy atom. The fourth-order valence-electron chi connectivity index (χ4n) is 3.23. The highest BCUT2D eigenvalue weighted by Gasteiger charge is 2.13. The van der Waals surface area contributed by atoms with E-state index in [-0.39, 0.29) is 24.7 Å². The highest BCUT2D eigenvalue weighted by Crippen LogP contribution is 2.29. The van der Waals surface area contributed by atoms with Gasteiger partial charge in [0, 0.05) is 23.2 Å². The number of benzene rings is 2. The van der Waals surface area contributed by atoms with Gasteiger partial charge < -0.3 is 19.3 Å². The summed E-state index contributed by atoms with van der Waals surface area (Å²) in [5.41, 5.74) is 2.94. The van der Waals surface area contributed by atoms with Gasteiger partial charge >= 0.3 is 0 Å². The van der Waals surface area contributed by atoms with E-state index in [1.165, 1.54) is 6.07 Å². The van der Waals surface area contributed by atoms with Gasteiger partial charge in [0.2, 0.25) is 0 Å². The van der Waals surface area contributed by atoms with Gasteiger partial charge in [-0.3, -0.25) is 9.59 Å². The number of aromatic nitrogens is 2. The van der Waals surface area contributed by atoms with Crippen molar-refractivity contribution in [2.75, 3.05) is 11.9 Å². The molecule has 0 spiro atoms. The number of rotatable bonds is 7. The van der Waals surface area contributed by atoms with Gasteiger partial charge in [0.05, 0.1) is 11.4 Å². The molecule has 0 aliphatic carbocycles. The molecule has 2 heterocycles. The van der Waals surface area contributed by atoms with Gasteiger partial charge in [0.1, 0.15) is 23.9 Å². The number of hydrogen-bond donors (Lipinski definition) is 1. The number of amides is 1. The molecule has 0 atom stereocenters. The summed E-state index contributed by atoms with van der Waals surface area (Å²) < 4.78 is 17.9. The quantitative estimate of drug-likeness (QED) is 0.431. The van der Waals surface area contributed by atoms with E-state index in [0.717, 1.165) is 15.7 Å². The average molecular weight is 468 g/mol. The minimum absolute atomic E-state index is 0.00182. The molecule has 0 aliphatic heterocycles. The topological polar surface area (TPSA) is 95.1 Å². The molecule has 0 unspecified atom stereocenters. The SMILES string of the molecule is Cc1cc2nc(COc3cc(Cl)ccc3NC(=O)COc3cccc(C)c3C)cc(=O)n2o1. The summed E-state index contributed by atoms with van der Waals surface area (Å²) in [4.78, 5) is 29.1. The van der Waals surface area contributed by atoms with Crippen LogP contribution in [0.5, 0.6) is 11.5 Å². The number of anilines is 1. The van der Waals surface area contributed by atoms with Crippen LogP contribution in [0.1, 0.15) is 22.6 Å². The van der Waals surface area contributed by atoms with Crippen LogP contribution in [-0.2, 0) is 11.4 Å². The van der Waals surface area contributed by atoms with Crippen molar-refractivity contribution >= 4 is 28.8 Å². The Labute approximate surface area is 194 Å². The Morgan fingerprint density at radius 3 is 2.73 bits per heavy atom. The van der Waals surface area contributed by atoms with E-state index in [4.69, 9.17) is 25.6 Å². The van der Waals surface area contributed by atoms with Gasteiger partial charge in [0.25, 0.3) is 11.5 Å². The lowest BCUT2D eigenvalue weighted by molar-refractivity contribution is -0.118. The van der Waals surface area contributed by atoms with Gasteiger partial charge in [-0.05, 0) is 50.1 Å². The van der Waals surface area contributed by atoms with Crippen LogP contribution in [0.4, 0.5) is 5.69 Å². The monoisotopic (exact) mass is 467 g/mol. The van der Waals surface area contributed by atoms with E-state index >= 15 is 0 Å². The second-order valence-corrected chi connectivity index (χ2v) is 7.99. The maximum atomic E-state index is 12.5. The molecule has 0 aliphatic rings. The molecule has 2 aromatic heterocycles. The van der Waals surface area contributed by atoms with Crippen molar-refractivity contribution < 1.29 is 18.8 Å². The average Bonchev–Trinajstić information content (AvgIpc) is 3.16. The summed E-state index contributed by atoms with van der Waals surface area (Å²) in [5, 5.41) is 3.21. The third-order valence-electron chi connectivity index (χ3n) is 5.03. The normalized spacial score (nSPS) is 10.9. The first-order chi connectivity index (χ1) is 15.8. The number of halogens is 1. The van der Waals surface area contributed by atoms with Crippen molar-refractivity contribution in [1.82, 2.24) is 9.56 Å². The Bertz CT molecular complexity index is 1390. The zero-order valence-electron chi connectivity index (χ0n) is 18.3. The Hall–Kier alpha value is -3.78. The predicted molar refractivity (Wildman–Crippen MR) is 124 cm³/mol. The summed E-state index contributed by atoms with van der Waals surface area (Å²) >= 11 is 6.12. The van der Waals surface area contributed by atoms with Gasteiger partial charge in [-0.25, -0.2) is 4.98 Å². The molecule has 0 saturated carbocycles. The maximum Gasteiger partial charge on any atom is 0.287 e. The third kappa shape index (κ3) is 5.18. The fourth-order valence-corrected chi connectivity index (χ4v) is 3.39. The van der Waals surface area contributed by atoms with Crippen LogP contribution < -0.4 is 20.3 Å². The number of fused-ring (bicyclic) bond motifs is 1. The fraction of sp³-hybridized carbons (Fsp3) is 0.208. The Kier molecular flexibility index (Phi) is 6.37. The molecule has 4 aromatic rings. The maximum absolute atomic E-state index is 12.5. The van der Waals surface area contributed by atoms with Crippen LogP contribution >= 0.6 is 11.6 Å². The van der Waals surface area contributed by atoms with Crippen molar-refractivity contribution in [3.63, 3.8) is 0 Å². The standard InChI is InChI=1S/C24H22ClN3O5/c1-14-5-4-6-20(16(14)3)32-13-23(29)27-19-8-7-17(25)10-21(19)31-12-18-11-24(30)28-22(26-18)9-15(2)33-28/h4-11H,12-13H2,1-3H3,(H,27,29). The lowest BCUT2D eigenvalue weighted by atomic mass is 10.1. The number of aryl methyl sites for hydroxylation is 2. The third-order valence-corrected chi connectivity index (χ3v) is 5.27. The minimum atomic E-state index is -0.352. The first kappa shape index (κ1) is 22.4. The molecule has 33 heavy (non-hydrogen) atoms. The second kappa shape index (κ2) is 9.38. The number of ether oxygens (including phenoxy) is 2. The van der Waals surface area contributed by atoms with Crippen LogP contribution in [-0.4, -0.2) is 22.1 Å². The Morgan fingerprint density at radius 1 is 1.09 bits per heavy atom. The van der Waals surface area contributed by atoms with Gasteiger partial charge in [0.15, 0.2) is 12.3 Å². The van der Waals surface area contributed by atoms with Gasteiger partial charge in [-0.2, -0.15) is 0 Å². The summed E-state index contributed by atoms with van der Waals surface area (Å²) in [6.07, 6.45) is 0. The molecule has 9 heteroatoms. The minimum Gasteiger partial charge on any atom is -0.485 e. The molecule has 0 saturated heterocycles. The summed E-state index contributed by atoms with van der Waals surface area (Å²) in [6.45, 7) is 5.48. The van der Waals surface area contributed by atoms with E-state index < -0.39 is 0 Å². The molecule has 2 aromatic carbocycles. The molecule has 1 N–H and O–H groups in total. The lowest BCUT2D eigenvalue weighted by Crippen LogP contribution is -2.21. The Balaban J connectivity index is 1.45. The molecule has 4 rings (SSSR count). The first-order valence-electron chi connectivity index (χ1n) is 10.2. The predicted octanol–water partition coefficient (Wildman–Crippen LogP) is 4.46. The number of nitrogens with zero attached hydrogens (tertiary/aromatic N) is 2. The largest absolute Gasteiger partial charge is 0.485 e. The van der Waals surface area contributed by atoms with Gasteiger partial charge in [-0.1, -0.05) is 23.7 Å². The van der Waals surface area contributed by atoms with E-state index in [2.05, 4.69) is 10.3 Å². The molecule has 8 nitrogen and oxygen atoms in total. The summed E-state index contributed by atoms with van der Waals surface area (Å²) in [6, 6.07) is 13.5. The first-order valence-corrected chi connectivity index (χ1v) is 10.6. The second-order valence-electron chi connectivity index (χ2n) is 7.55. The van der Waals surface area contributed by atoms with Crippen molar-refractivity contribution in [1.29, 1.82) is 0 Å². The molecule has 0 radical (unpaired) electrons. The highest BCUT2D eigenvalue weighted by molar-refractivity contribution is 6.30. The van der Waals surface area contributed by atoms with Gasteiger partial charge in [-0.15, -0.1) is 4.57 Å². The van der Waals surface area contributed by atoms with Crippen LogP contribution in [0.15, 0.2) is 57.8 Å². The van der Waals surface area contributed by atoms with E-state index in [1.54, 1.807) is 31.2 Å². The molecule has 0 bridgehead atoms. The number of carbonyl (C=O) groups excluding carboxylic acids is 1. The van der Waals surface area contributed by atoms with Crippen LogP contribution in [0.25, 0.3) is 5.65 Å². The lowest BCUT2D eigenvalue weighted by Gasteiger charge is -2.14. The van der Waals surface area contributed by atoms with Crippen molar-refractivity contribution in [2.45, 2.75) is 27.4 Å². The van der Waals surface area contributed by atoms with E-state index in [0.29, 0.717) is 39.3 Å². The smallest absolute Gasteiger partial charge is 0.287 e. The molecular weight excluding hydrogens is 446 g/mol. The molecule has 0 fully saturated rings. The number of carbonyl (C=O) groups is 1. The van der Waals surface area contributed by atoms with Crippen LogP contribution in [0.3, 0.4) is 0 Å². The highest BCUT2D eigenvalue weighted by atomic mass is 35.5. The van der Waals surface area contributed by atoms with Crippen LogP contribution in [0, 0.1) is 20.8 Å². The van der Waals surface area contributed by atoms with Crippen LogP contribution in [0.2, 0.25) is 5.02 Å². The number of hydrogen-bond acceptors (Lipinski definition) is 6. The summed E-state index contributed by atoms with van der Waals surface area (Å²) in [7, 11) is 0. The zero-order chi connectivity index (χ0) is 23.5. The summed E-state index contributed by atoms with van der Waals surface area (Å²) in [5.74, 6) is 1.21. The van der Waals surface area contributed by atoms with Crippen molar-refractivity contribution in [2.24, 2.45) is 0 Å². The zero-order valence-corrected chi connectivity index (χ0v) is 19.1.